The van der Waals surface area contributed by atoms with Crippen LogP contribution in [0.4, 0.5) is 35.1 Å². The second-order valence-electron chi connectivity index (χ2n) is 13.3. The van der Waals surface area contributed by atoms with Gasteiger partial charge in [0, 0.05) is 35.5 Å². The molecule has 0 aromatic carbocycles. The summed E-state index contributed by atoms with van der Waals surface area (Å²) >= 11 is 3.87. The fourth-order valence-electron chi connectivity index (χ4n) is 7.18. The minimum absolute atomic E-state index is 0. The van der Waals surface area contributed by atoms with Crippen molar-refractivity contribution in [3.8, 4) is 0 Å². The van der Waals surface area contributed by atoms with E-state index in [0.29, 0.717) is 12.8 Å². The van der Waals surface area contributed by atoms with Crippen LogP contribution in [-0.2, 0) is 33.4 Å². The Morgan fingerprint density at radius 3 is 1.06 bits per heavy atom. The van der Waals surface area contributed by atoms with Crippen LogP contribution in [0.2, 0.25) is 0 Å². The van der Waals surface area contributed by atoms with Crippen LogP contribution in [-0.4, -0.2) is 82.9 Å². The van der Waals surface area contributed by atoms with Crippen LogP contribution in [0.3, 0.4) is 0 Å². The molecule has 8 atom stereocenters. The standard InChI is InChI=1S/C8H10F2O2.2C7H8F2O2.C7H10O2.C2HClF2O2.2Na.H2O/c1-12-7(11)4-2-5-6(3-4)8(5,9)10;2*8-7(9)4-1-3(6(10)11)2-5(4)7;1-9-7(8)6-4-2-3-5-6;3-2(4,5)1(6)7;;;/h4-6H,2-3H2,1H3;2*3-5H,1-2H2,(H,10,11);2-3,6H,4-5H2,1H3;(H,6,7);;;1H2/q;;;;;2*+1;/p-2/t;2*3?,4-,5?;;;;;/m.00...../s1. The molecule has 0 spiro atoms. The van der Waals surface area contributed by atoms with E-state index in [1.165, 1.54) is 14.2 Å². The van der Waals surface area contributed by atoms with Crippen LogP contribution >= 0.6 is 11.6 Å². The largest absolute Gasteiger partial charge is 1.00 e. The topological polar surface area (TPSA) is 197 Å². The normalized spacial score (nSPS) is 32.8. The van der Waals surface area contributed by atoms with E-state index in [2.05, 4.69) is 21.1 Å². The summed E-state index contributed by atoms with van der Waals surface area (Å²) in [4.78, 5) is 51.4. The number of carbonyl (C=O) groups excluding carboxylic acids is 3. The molecule has 0 bridgehead atoms. The zero-order chi connectivity index (χ0) is 38.1. The molecular weight excluding hydrogens is 782 g/mol. The van der Waals surface area contributed by atoms with Crippen molar-refractivity contribution in [3.63, 3.8) is 0 Å². The summed E-state index contributed by atoms with van der Waals surface area (Å²) in [5.41, 5.74) is 0. The SMILES string of the molecule is COC(=O)C1CC2C(C1)C2(F)F.COC(=O)C1CC=CC1.O=C(O)C1CC2[C@H](C1)C2(F)F.O=C(O)C1CC2[C@H](C1)C2(F)F.O=C([O-])C(F)(F)Cl.[Na+].[Na+].[OH-]. The van der Waals surface area contributed by atoms with Crippen LogP contribution < -0.4 is 64.2 Å². The van der Waals surface area contributed by atoms with Gasteiger partial charge in [0.05, 0.1) is 37.9 Å². The number of alkyl halides is 9. The summed E-state index contributed by atoms with van der Waals surface area (Å²) in [5.74, 6) is -17.1. The van der Waals surface area contributed by atoms with Crippen LogP contribution in [0.5, 0.6) is 0 Å². The first-order valence-electron chi connectivity index (χ1n) is 15.6. The minimum atomic E-state index is -4.22. The van der Waals surface area contributed by atoms with E-state index in [1.807, 2.05) is 12.2 Å². The quantitative estimate of drug-likeness (QED) is 0.110. The van der Waals surface area contributed by atoms with Gasteiger partial charge in [-0.2, -0.15) is 8.78 Å². The molecule has 292 valence electrons. The van der Waals surface area contributed by atoms with Crippen molar-refractivity contribution < 1.29 is 148 Å². The maximum absolute atomic E-state index is 12.6. The molecule has 6 fully saturated rings. The molecule has 22 heteroatoms. The Hall–Kier alpha value is -1.22. The Labute approximate surface area is 347 Å². The number of allylic oxidation sites excluding steroid dienone is 2. The molecule has 6 unspecified atom stereocenters. The van der Waals surface area contributed by atoms with Gasteiger partial charge in [-0.25, -0.2) is 26.3 Å². The molecule has 11 nitrogen and oxygen atoms in total. The van der Waals surface area contributed by atoms with Gasteiger partial charge in [-0.15, -0.1) is 0 Å². The van der Waals surface area contributed by atoms with Gasteiger partial charge in [0.1, 0.15) is 5.97 Å². The molecule has 7 aliphatic rings. The summed E-state index contributed by atoms with van der Waals surface area (Å²) in [5, 5.41) is 21.8. The van der Waals surface area contributed by atoms with Crippen molar-refractivity contribution in [1.29, 1.82) is 0 Å². The second kappa shape index (κ2) is 19.8. The molecular formula is C31H37ClF8Na2O11. The molecule has 3 N–H and O–H groups in total. The van der Waals surface area contributed by atoms with Crippen LogP contribution in [0, 0.1) is 59.2 Å². The van der Waals surface area contributed by atoms with Gasteiger partial charge >= 0.3 is 88.4 Å². The van der Waals surface area contributed by atoms with Gasteiger partial charge in [0.25, 0.3) is 17.8 Å². The number of hydrogen-bond acceptors (Lipinski definition) is 9. The number of rotatable bonds is 5. The van der Waals surface area contributed by atoms with Crippen molar-refractivity contribution in [2.45, 2.75) is 74.5 Å². The number of carbonyl (C=O) groups is 5. The first kappa shape index (κ1) is 51.8. The third kappa shape index (κ3) is 12.6. The molecule has 53 heavy (non-hydrogen) atoms. The van der Waals surface area contributed by atoms with Gasteiger partial charge in [0.15, 0.2) is 0 Å². The van der Waals surface area contributed by atoms with Crippen molar-refractivity contribution in [1.82, 2.24) is 0 Å². The zero-order valence-electron chi connectivity index (χ0n) is 29.1. The molecule has 0 aliphatic heterocycles. The smallest absolute Gasteiger partial charge is 0.870 e. The van der Waals surface area contributed by atoms with E-state index < -0.39 is 88.4 Å². The summed E-state index contributed by atoms with van der Waals surface area (Å²) in [6.07, 6.45) is 7.05. The Morgan fingerprint density at radius 1 is 0.623 bits per heavy atom. The van der Waals surface area contributed by atoms with E-state index in [1.54, 1.807) is 0 Å². The average molecular weight is 819 g/mol. The molecule has 0 aromatic heterocycles. The Balaban J connectivity index is 0.000000636. The first-order valence-corrected chi connectivity index (χ1v) is 16.0. The van der Waals surface area contributed by atoms with Gasteiger partial charge in [-0.3, -0.25) is 19.2 Å². The number of halogens is 9. The van der Waals surface area contributed by atoms with E-state index in [-0.39, 0.29) is 114 Å². The van der Waals surface area contributed by atoms with Crippen molar-refractivity contribution >= 4 is 41.4 Å². The molecule has 7 rings (SSSR count). The average Bonchev–Trinajstić information content (AvgIpc) is 3.65. The fraction of sp³-hybridized carbons (Fsp3) is 0.774. The Kier molecular flexibility index (Phi) is 19.3. The summed E-state index contributed by atoms with van der Waals surface area (Å²) in [6, 6.07) is 0. The number of carboxylic acid groups (broad SMARTS) is 3. The molecule has 0 radical (unpaired) electrons. The summed E-state index contributed by atoms with van der Waals surface area (Å²) < 4.78 is 106. The molecule has 0 aromatic rings. The van der Waals surface area contributed by atoms with Crippen LogP contribution in [0.15, 0.2) is 12.2 Å². The second-order valence-corrected chi connectivity index (χ2v) is 13.8. The molecule has 6 saturated carbocycles. The molecule has 0 heterocycles. The monoisotopic (exact) mass is 818 g/mol. The maximum Gasteiger partial charge on any atom is 1.00 e. The number of hydrogen-bond donors (Lipinski definition) is 2. The number of ether oxygens (including phenoxy) is 2. The third-order valence-corrected chi connectivity index (χ3v) is 10.5. The van der Waals surface area contributed by atoms with Gasteiger partial charge in [0.2, 0.25) is 0 Å². The van der Waals surface area contributed by atoms with E-state index >= 15 is 0 Å². The number of esters is 2. The van der Waals surface area contributed by atoms with E-state index in [4.69, 9.17) is 20.1 Å². The zero-order valence-corrected chi connectivity index (χ0v) is 33.9. The van der Waals surface area contributed by atoms with Crippen molar-refractivity contribution in [2.24, 2.45) is 59.2 Å². The number of fused-ring (bicyclic) bond motifs is 3. The third-order valence-electron chi connectivity index (χ3n) is 10.3. The molecule has 0 amide bonds. The maximum atomic E-state index is 12.6. The Morgan fingerprint density at radius 2 is 0.849 bits per heavy atom. The number of methoxy groups -OCH3 is 2. The predicted molar refractivity (Wildman–Crippen MR) is 153 cm³/mol. The molecule has 7 aliphatic carbocycles. The predicted octanol–water partition coefficient (Wildman–Crippen LogP) is -1.30. The van der Waals surface area contributed by atoms with Crippen molar-refractivity contribution in [3.05, 3.63) is 12.2 Å². The number of aliphatic carboxylic acids is 3. The Bertz CT molecular complexity index is 1260. The fourth-order valence-corrected chi connectivity index (χ4v) is 7.18. The molecule has 0 saturated heterocycles. The van der Waals surface area contributed by atoms with Crippen molar-refractivity contribution in [2.75, 3.05) is 14.2 Å². The van der Waals surface area contributed by atoms with E-state index in [0.717, 1.165) is 12.8 Å². The van der Waals surface area contributed by atoms with E-state index in [9.17, 15) is 54.3 Å². The van der Waals surface area contributed by atoms with Crippen LogP contribution in [0.1, 0.15) is 51.4 Å². The first-order chi connectivity index (χ1) is 22.9. The number of carboxylic acids is 3. The van der Waals surface area contributed by atoms with Crippen LogP contribution in [0.25, 0.3) is 0 Å². The van der Waals surface area contributed by atoms with Gasteiger partial charge < -0.3 is 35.1 Å². The van der Waals surface area contributed by atoms with Gasteiger partial charge in [-0.1, -0.05) is 12.2 Å². The summed E-state index contributed by atoms with van der Waals surface area (Å²) in [7, 11) is 2.73. The summed E-state index contributed by atoms with van der Waals surface area (Å²) in [6.45, 7) is 0. The van der Waals surface area contributed by atoms with Gasteiger partial charge in [-0.05, 0) is 63.0 Å². The minimum Gasteiger partial charge on any atom is -0.870 e.